The minimum atomic E-state index is 0.232. The highest BCUT2D eigenvalue weighted by molar-refractivity contribution is 5.75. The first-order valence-corrected chi connectivity index (χ1v) is 11.1. The number of likely N-dealkylation sites (N-methyl/N-ethyl adjacent to an activating group) is 1. The van der Waals surface area contributed by atoms with E-state index in [-0.39, 0.29) is 5.91 Å². The van der Waals surface area contributed by atoms with Crippen molar-refractivity contribution in [2.24, 2.45) is 5.92 Å². The first kappa shape index (κ1) is 22.0. The summed E-state index contributed by atoms with van der Waals surface area (Å²) in [5.74, 6) is 2.72. The van der Waals surface area contributed by atoms with Crippen LogP contribution in [0.15, 0.2) is 36.8 Å². The largest absolute Gasteiger partial charge is 0.370 e. The second-order valence-electron chi connectivity index (χ2n) is 8.04. The average molecular weight is 411 g/mol. The van der Waals surface area contributed by atoms with Gasteiger partial charge in [-0.2, -0.15) is 0 Å². The van der Waals surface area contributed by atoms with Gasteiger partial charge in [-0.1, -0.05) is 13.0 Å². The first-order chi connectivity index (χ1) is 14.7. The average Bonchev–Trinajstić information content (AvgIpc) is 2.80. The highest BCUT2D eigenvalue weighted by Gasteiger charge is 2.22. The van der Waals surface area contributed by atoms with Crippen LogP contribution in [0.4, 0.5) is 11.6 Å². The van der Waals surface area contributed by atoms with E-state index in [0.717, 1.165) is 75.6 Å². The third-order valence-electron chi connectivity index (χ3n) is 5.77. The van der Waals surface area contributed by atoms with Crippen LogP contribution in [-0.2, 0) is 11.2 Å². The fourth-order valence-corrected chi connectivity index (χ4v) is 3.79. The van der Waals surface area contributed by atoms with Crippen LogP contribution in [0.1, 0.15) is 44.7 Å². The van der Waals surface area contributed by atoms with E-state index in [1.165, 1.54) is 0 Å². The smallest absolute Gasteiger partial charge is 0.222 e. The first-order valence-electron chi connectivity index (χ1n) is 11.1. The van der Waals surface area contributed by atoms with E-state index in [0.29, 0.717) is 12.3 Å². The number of carbonyl (C=O) groups excluding carboxylic acids is 1. The molecule has 1 saturated heterocycles. The lowest BCUT2D eigenvalue weighted by Crippen LogP contribution is -2.35. The fraction of sp³-hybridized carbons (Fsp3) is 0.565. The van der Waals surface area contributed by atoms with E-state index in [4.69, 9.17) is 0 Å². The lowest BCUT2D eigenvalue weighted by atomic mass is 9.92. The van der Waals surface area contributed by atoms with Gasteiger partial charge in [-0.3, -0.25) is 9.78 Å². The molecule has 1 fully saturated rings. The lowest BCUT2D eigenvalue weighted by Gasteiger charge is -2.33. The van der Waals surface area contributed by atoms with Gasteiger partial charge in [0.2, 0.25) is 5.91 Å². The second-order valence-corrected chi connectivity index (χ2v) is 8.04. The number of nitrogens with one attached hydrogen (secondary N) is 1. The van der Waals surface area contributed by atoms with Crippen molar-refractivity contribution in [3.05, 3.63) is 42.5 Å². The molecule has 0 aliphatic carbocycles. The Morgan fingerprint density at radius 1 is 1.23 bits per heavy atom. The Balaban J connectivity index is 1.37. The zero-order chi connectivity index (χ0) is 21.2. The van der Waals surface area contributed by atoms with Crippen molar-refractivity contribution in [3.63, 3.8) is 0 Å². The van der Waals surface area contributed by atoms with E-state index in [1.54, 1.807) is 12.5 Å². The summed E-state index contributed by atoms with van der Waals surface area (Å²) in [6.45, 7) is 5.75. The monoisotopic (exact) mass is 410 g/mol. The number of carbonyl (C=O) groups is 1. The number of amides is 1. The summed E-state index contributed by atoms with van der Waals surface area (Å²) in [5, 5.41) is 3.32. The maximum absolute atomic E-state index is 12.5. The zero-order valence-corrected chi connectivity index (χ0v) is 18.3. The molecule has 0 bridgehead atoms. The quantitative estimate of drug-likeness (QED) is 0.647. The van der Waals surface area contributed by atoms with E-state index in [1.807, 2.05) is 36.2 Å². The van der Waals surface area contributed by atoms with Gasteiger partial charge in [0.05, 0.1) is 0 Å². The molecular formula is C23H34N6O. The van der Waals surface area contributed by atoms with Crippen molar-refractivity contribution >= 4 is 17.5 Å². The van der Waals surface area contributed by atoms with E-state index < -0.39 is 0 Å². The van der Waals surface area contributed by atoms with Crippen LogP contribution in [0.2, 0.25) is 0 Å². The Hall–Kier alpha value is -2.70. The van der Waals surface area contributed by atoms with Gasteiger partial charge in [0.1, 0.15) is 18.0 Å². The van der Waals surface area contributed by atoms with Crippen molar-refractivity contribution in [3.8, 4) is 0 Å². The number of pyridine rings is 1. The Bertz CT molecular complexity index is 776. The molecule has 7 heteroatoms. The van der Waals surface area contributed by atoms with Crippen molar-refractivity contribution < 1.29 is 4.79 Å². The molecule has 3 heterocycles. The molecule has 3 rings (SSSR count). The molecule has 1 amide bonds. The Labute approximate surface area is 179 Å². The summed E-state index contributed by atoms with van der Waals surface area (Å²) in [6.07, 6.45) is 9.11. The molecular weight excluding hydrogens is 376 g/mol. The maximum atomic E-state index is 12.5. The number of piperidine rings is 1. The van der Waals surface area contributed by atoms with Crippen molar-refractivity contribution in [1.29, 1.82) is 0 Å². The van der Waals surface area contributed by atoms with Crippen LogP contribution in [0.5, 0.6) is 0 Å². The molecule has 0 atom stereocenters. The minimum absolute atomic E-state index is 0.232. The van der Waals surface area contributed by atoms with Crippen LogP contribution in [0, 0.1) is 5.92 Å². The van der Waals surface area contributed by atoms with Crippen molar-refractivity contribution in [2.45, 2.75) is 45.4 Å². The van der Waals surface area contributed by atoms with Crippen LogP contribution >= 0.6 is 0 Å². The molecule has 0 saturated carbocycles. The molecule has 162 valence electrons. The summed E-state index contributed by atoms with van der Waals surface area (Å²) in [6, 6.07) is 7.94. The highest BCUT2D eigenvalue weighted by atomic mass is 16.2. The molecule has 0 spiro atoms. The second kappa shape index (κ2) is 11.5. The van der Waals surface area contributed by atoms with Gasteiger partial charge in [-0.15, -0.1) is 0 Å². The number of hydrogen-bond acceptors (Lipinski definition) is 6. The minimum Gasteiger partial charge on any atom is -0.370 e. The zero-order valence-electron chi connectivity index (χ0n) is 18.3. The molecule has 1 aliphatic heterocycles. The summed E-state index contributed by atoms with van der Waals surface area (Å²) in [5.41, 5.74) is 1.03. The van der Waals surface area contributed by atoms with Gasteiger partial charge in [-0.05, 0) is 43.7 Å². The molecule has 1 N–H and O–H groups in total. The predicted molar refractivity (Wildman–Crippen MR) is 121 cm³/mol. The van der Waals surface area contributed by atoms with Gasteiger partial charge in [0.15, 0.2) is 0 Å². The number of rotatable bonds is 10. The van der Waals surface area contributed by atoms with Gasteiger partial charge in [-0.25, -0.2) is 9.97 Å². The van der Waals surface area contributed by atoms with Crippen molar-refractivity contribution in [2.75, 3.05) is 43.4 Å². The fourth-order valence-electron chi connectivity index (χ4n) is 3.79. The molecule has 0 unspecified atom stereocenters. The third-order valence-corrected chi connectivity index (χ3v) is 5.77. The molecule has 0 radical (unpaired) electrons. The van der Waals surface area contributed by atoms with Crippen LogP contribution in [-0.4, -0.2) is 59.0 Å². The van der Waals surface area contributed by atoms with E-state index in [2.05, 4.69) is 32.1 Å². The van der Waals surface area contributed by atoms with Crippen LogP contribution < -0.4 is 10.2 Å². The predicted octanol–water partition coefficient (Wildman–Crippen LogP) is 3.39. The Morgan fingerprint density at radius 3 is 2.80 bits per heavy atom. The summed E-state index contributed by atoms with van der Waals surface area (Å²) in [4.78, 5) is 29.7. The normalized spacial score (nSPS) is 14.5. The molecule has 0 aromatic carbocycles. The number of anilines is 2. The maximum Gasteiger partial charge on any atom is 0.222 e. The van der Waals surface area contributed by atoms with Gasteiger partial charge >= 0.3 is 0 Å². The summed E-state index contributed by atoms with van der Waals surface area (Å²) < 4.78 is 0. The van der Waals surface area contributed by atoms with Crippen LogP contribution in [0.3, 0.4) is 0 Å². The molecule has 1 aliphatic rings. The van der Waals surface area contributed by atoms with Gasteiger partial charge < -0.3 is 15.1 Å². The molecule has 30 heavy (non-hydrogen) atoms. The molecule has 2 aromatic rings. The van der Waals surface area contributed by atoms with Crippen LogP contribution in [0.25, 0.3) is 0 Å². The Morgan fingerprint density at radius 2 is 2.07 bits per heavy atom. The van der Waals surface area contributed by atoms with E-state index in [9.17, 15) is 4.79 Å². The summed E-state index contributed by atoms with van der Waals surface area (Å²) >= 11 is 0. The Kier molecular flexibility index (Phi) is 8.41. The lowest BCUT2D eigenvalue weighted by molar-refractivity contribution is -0.130. The number of aromatic nitrogens is 3. The van der Waals surface area contributed by atoms with Crippen molar-refractivity contribution in [1.82, 2.24) is 19.9 Å². The van der Waals surface area contributed by atoms with Gasteiger partial charge in [0.25, 0.3) is 0 Å². The third kappa shape index (κ3) is 6.68. The SMILES string of the molecule is CCCNc1cc(N2CCC(CCC(=O)N(C)CCc3ccccn3)CC2)ncn1. The number of hydrogen-bond donors (Lipinski definition) is 1. The molecule has 7 nitrogen and oxygen atoms in total. The van der Waals surface area contributed by atoms with Gasteiger partial charge in [0, 0.05) is 64.0 Å². The highest BCUT2D eigenvalue weighted by Crippen LogP contribution is 2.26. The molecule has 2 aromatic heterocycles. The standard InChI is InChI=1S/C23H34N6O/c1-3-12-25-21-17-22(27-18-26-21)29-15-9-19(10-16-29)7-8-23(30)28(2)14-11-20-6-4-5-13-24-20/h4-6,13,17-19H,3,7-12,14-16H2,1-2H3,(H,25,26,27). The summed E-state index contributed by atoms with van der Waals surface area (Å²) in [7, 11) is 1.90. The van der Waals surface area contributed by atoms with E-state index >= 15 is 0 Å². The number of nitrogens with zero attached hydrogens (tertiary/aromatic N) is 5. The topological polar surface area (TPSA) is 74.2 Å².